The van der Waals surface area contributed by atoms with Gasteiger partial charge in [0, 0.05) is 23.7 Å². The lowest BCUT2D eigenvalue weighted by Crippen LogP contribution is -2.24. The molecule has 1 N–H and O–H groups in total. The topological polar surface area (TPSA) is 55.2 Å². The van der Waals surface area contributed by atoms with Gasteiger partial charge in [-0.1, -0.05) is 35.0 Å². The molecule has 0 aromatic heterocycles. The van der Waals surface area contributed by atoms with Gasteiger partial charge in [0.2, 0.25) is 0 Å². The van der Waals surface area contributed by atoms with Crippen molar-refractivity contribution in [2.45, 2.75) is 20.5 Å². The molecular formula is C19H21ClFN3O2. The van der Waals surface area contributed by atoms with Crippen LogP contribution in [0, 0.1) is 12.7 Å². The molecule has 2 aromatic rings. The minimum atomic E-state index is -0.394. The van der Waals surface area contributed by atoms with E-state index in [1.165, 1.54) is 19.2 Å². The van der Waals surface area contributed by atoms with Crippen molar-refractivity contribution in [3.05, 3.63) is 69.5 Å². The van der Waals surface area contributed by atoms with E-state index in [-0.39, 0.29) is 11.6 Å². The molecule has 0 amide bonds. The van der Waals surface area contributed by atoms with E-state index in [1.54, 1.807) is 20.0 Å². The number of halogens is 2. The molecule has 26 heavy (non-hydrogen) atoms. The summed E-state index contributed by atoms with van der Waals surface area (Å²) < 4.78 is 13.2. The van der Waals surface area contributed by atoms with E-state index in [2.05, 4.69) is 15.6 Å². The maximum absolute atomic E-state index is 13.2. The Morgan fingerprint density at radius 1 is 1.23 bits per heavy atom. The highest BCUT2D eigenvalue weighted by atomic mass is 35.5. The fourth-order valence-electron chi connectivity index (χ4n) is 2.46. The molecule has 0 saturated heterocycles. The first-order chi connectivity index (χ1) is 12.5. The predicted molar refractivity (Wildman–Crippen MR) is 102 cm³/mol. The van der Waals surface area contributed by atoms with Crippen molar-refractivity contribution in [1.82, 2.24) is 5.48 Å². The maximum Gasteiger partial charge on any atom is 0.152 e. The Hall–Kier alpha value is -2.44. The molecule has 0 atom stereocenters. The molecule has 0 aliphatic carbocycles. The predicted octanol–water partition coefficient (Wildman–Crippen LogP) is 4.26. The summed E-state index contributed by atoms with van der Waals surface area (Å²) in [6.45, 7) is 3.97. The second kappa shape index (κ2) is 9.31. The van der Waals surface area contributed by atoms with E-state index in [0.717, 1.165) is 16.7 Å². The van der Waals surface area contributed by atoms with Gasteiger partial charge in [0.1, 0.15) is 12.4 Å². The first kappa shape index (κ1) is 19.9. The van der Waals surface area contributed by atoms with Gasteiger partial charge in [0.25, 0.3) is 0 Å². The normalized spacial score (nSPS) is 12.2. The molecule has 7 heteroatoms. The largest absolute Gasteiger partial charge is 0.391 e. The summed E-state index contributed by atoms with van der Waals surface area (Å²) in [4.78, 5) is 14.7. The number of oxime groups is 1. The Labute approximate surface area is 157 Å². The number of nitrogens with one attached hydrogen (secondary N) is 1. The fraction of sp³-hybridized carbons (Fsp3) is 0.263. The van der Waals surface area contributed by atoms with E-state index in [0.29, 0.717) is 17.1 Å². The van der Waals surface area contributed by atoms with E-state index >= 15 is 0 Å². The minimum absolute atomic E-state index is 0.239. The van der Waals surface area contributed by atoms with Crippen molar-refractivity contribution in [1.29, 1.82) is 0 Å². The van der Waals surface area contributed by atoms with E-state index in [9.17, 15) is 4.39 Å². The second-order valence-electron chi connectivity index (χ2n) is 5.55. The molecule has 0 spiro atoms. The van der Waals surface area contributed by atoms with Crippen LogP contribution in [0.5, 0.6) is 0 Å². The quantitative estimate of drug-likeness (QED) is 0.465. The monoisotopic (exact) mass is 377 g/mol. The molecule has 0 radical (unpaired) electrons. The third kappa shape index (κ3) is 4.80. The number of hydrogen-bond donors (Lipinski definition) is 1. The number of aryl methyl sites for hydroxylation is 1. The highest BCUT2D eigenvalue weighted by molar-refractivity contribution is 6.34. The SMILES string of the molecule is CN=C(NOC)c1cccc(C)c1CO/N=C(\C)c1ccc(F)cc1Cl. The third-order valence-electron chi connectivity index (χ3n) is 3.82. The fourth-order valence-corrected chi connectivity index (χ4v) is 2.76. The number of nitrogens with zero attached hydrogens (tertiary/aromatic N) is 2. The Morgan fingerprint density at radius 2 is 2.00 bits per heavy atom. The van der Waals surface area contributed by atoms with Gasteiger partial charge in [0.05, 0.1) is 17.8 Å². The molecule has 2 aromatic carbocycles. The van der Waals surface area contributed by atoms with Gasteiger partial charge < -0.3 is 4.84 Å². The molecule has 0 aliphatic rings. The number of amidine groups is 1. The molecule has 0 aliphatic heterocycles. The first-order valence-electron chi connectivity index (χ1n) is 7.94. The van der Waals surface area contributed by atoms with Crippen LogP contribution >= 0.6 is 11.6 Å². The van der Waals surface area contributed by atoms with Crippen LogP contribution in [0.3, 0.4) is 0 Å². The van der Waals surface area contributed by atoms with Gasteiger partial charge in [-0.05, 0) is 37.6 Å². The van der Waals surface area contributed by atoms with Crippen LogP contribution in [0.15, 0.2) is 46.5 Å². The average molecular weight is 378 g/mol. The number of benzene rings is 2. The zero-order valence-electron chi connectivity index (χ0n) is 15.1. The standard InChI is InChI=1S/C19H21ClFN3O2/c1-12-6-5-7-16(19(22-3)24-25-4)17(12)11-26-23-13(2)15-9-8-14(21)10-18(15)20/h5-10H,11H2,1-4H3,(H,22,24)/b23-13+. The van der Waals surface area contributed by atoms with E-state index in [1.807, 2.05) is 25.1 Å². The van der Waals surface area contributed by atoms with Crippen LogP contribution < -0.4 is 5.48 Å². The summed E-state index contributed by atoms with van der Waals surface area (Å²) in [7, 11) is 3.20. The summed E-state index contributed by atoms with van der Waals surface area (Å²) in [6.07, 6.45) is 0. The highest BCUT2D eigenvalue weighted by Gasteiger charge is 2.12. The van der Waals surface area contributed by atoms with Gasteiger partial charge in [-0.25, -0.2) is 9.87 Å². The van der Waals surface area contributed by atoms with Crippen molar-refractivity contribution >= 4 is 23.1 Å². The Bertz CT molecular complexity index is 838. The summed E-state index contributed by atoms with van der Waals surface area (Å²) in [6, 6.07) is 9.99. The highest BCUT2D eigenvalue weighted by Crippen LogP contribution is 2.19. The summed E-state index contributed by atoms with van der Waals surface area (Å²) >= 11 is 6.05. The molecule has 0 fully saturated rings. The lowest BCUT2D eigenvalue weighted by Gasteiger charge is -2.14. The van der Waals surface area contributed by atoms with Gasteiger partial charge in [-0.2, -0.15) is 0 Å². The number of aliphatic imine (C=N–C) groups is 1. The smallest absolute Gasteiger partial charge is 0.152 e. The molecule has 0 heterocycles. The lowest BCUT2D eigenvalue weighted by molar-refractivity contribution is 0.129. The Balaban J connectivity index is 2.21. The molecule has 0 saturated carbocycles. The van der Waals surface area contributed by atoms with Gasteiger partial charge in [-0.15, -0.1) is 0 Å². The third-order valence-corrected chi connectivity index (χ3v) is 4.13. The Kier molecular flexibility index (Phi) is 7.12. The van der Waals surface area contributed by atoms with Crippen LogP contribution in [-0.4, -0.2) is 25.7 Å². The summed E-state index contributed by atoms with van der Waals surface area (Å²) in [5.41, 5.74) is 6.77. The van der Waals surface area contributed by atoms with Crippen LogP contribution in [0.1, 0.15) is 29.2 Å². The van der Waals surface area contributed by atoms with Crippen molar-refractivity contribution in [3.8, 4) is 0 Å². The number of hydrogen-bond acceptors (Lipinski definition) is 4. The van der Waals surface area contributed by atoms with Crippen LogP contribution in [-0.2, 0) is 16.3 Å². The van der Waals surface area contributed by atoms with Gasteiger partial charge in [-0.3, -0.25) is 9.83 Å². The number of rotatable bonds is 6. The maximum atomic E-state index is 13.2. The molecule has 2 rings (SSSR count). The molecule has 138 valence electrons. The van der Waals surface area contributed by atoms with Crippen LogP contribution in [0.2, 0.25) is 5.02 Å². The summed E-state index contributed by atoms with van der Waals surface area (Å²) in [5, 5.41) is 4.40. The van der Waals surface area contributed by atoms with Crippen LogP contribution in [0.4, 0.5) is 4.39 Å². The van der Waals surface area contributed by atoms with E-state index in [4.69, 9.17) is 21.3 Å². The van der Waals surface area contributed by atoms with Crippen molar-refractivity contribution in [2.24, 2.45) is 10.1 Å². The molecule has 0 unspecified atom stereocenters. The summed E-state index contributed by atoms with van der Waals surface area (Å²) in [5.74, 6) is 0.200. The molecule has 0 bridgehead atoms. The van der Waals surface area contributed by atoms with E-state index < -0.39 is 5.82 Å². The molecule has 5 nitrogen and oxygen atoms in total. The zero-order chi connectivity index (χ0) is 19.1. The second-order valence-corrected chi connectivity index (χ2v) is 5.96. The number of hydroxylamine groups is 1. The minimum Gasteiger partial charge on any atom is -0.391 e. The van der Waals surface area contributed by atoms with Crippen LogP contribution in [0.25, 0.3) is 0 Å². The Morgan fingerprint density at radius 3 is 2.65 bits per heavy atom. The molecular weight excluding hydrogens is 357 g/mol. The van der Waals surface area contributed by atoms with Crippen molar-refractivity contribution < 1.29 is 14.1 Å². The van der Waals surface area contributed by atoms with Crippen molar-refractivity contribution in [2.75, 3.05) is 14.2 Å². The lowest BCUT2D eigenvalue weighted by atomic mass is 10.0. The first-order valence-corrected chi connectivity index (χ1v) is 8.32. The zero-order valence-corrected chi connectivity index (χ0v) is 15.9. The van der Waals surface area contributed by atoms with Crippen molar-refractivity contribution in [3.63, 3.8) is 0 Å². The van der Waals surface area contributed by atoms with Gasteiger partial charge in [0.15, 0.2) is 5.84 Å². The van der Waals surface area contributed by atoms with Gasteiger partial charge >= 0.3 is 0 Å². The average Bonchev–Trinajstić information content (AvgIpc) is 2.61.